The molecule has 1 atom stereocenters. The maximum absolute atomic E-state index is 14.2. The zero-order valence-corrected chi connectivity index (χ0v) is 17.2. The lowest BCUT2D eigenvalue weighted by Gasteiger charge is -2.43. The van der Waals surface area contributed by atoms with E-state index in [1.54, 1.807) is 17.0 Å². The summed E-state index contributed by atoms with van der Waals surface area (Å²) in [5, 5.41) is 12.3. The third-order valence-electron chi connectivity index (χ3n) is 5.87. The number of halogens is 1. The van der Waals surface area contributed by atoms with Gasteiger partial charge in [-0.1, -0.05) is 42.5 Å². The zero-order chi connectivity index (χ0) is 22.2. The summed E-state index contributed by atoms with van der Waals surface area (Å²) in [6.07, 6.45) is 6.94. The number of aromatic nitrogens is 2. The number of aryl methyl sites for hydroxylation is 1. The predicted molar refractivity (Wildman–Crippen MR) is 116 cm³/mol. The Morgan fingerprint density at radius 2 is 1.88 bits per heavy atom. The normalized spacial score (nSPS) is 19.0. The lowest BCUT2D eigenvalue weighted by molar-refractivity contribution is 0.0700. The third kappa shape index (κ3) is 3.33. The number of carbonyl (C=O) groups is 1. The summed E-state index contributed by atoms with van der Waals surface area (Å²) < 4.78 is 15.7. The van der Waals surface area contributed by atoms with Crippen LogP contribution < -0.4 is 10.4 Å². The second kappa shape index (κ2) is 7.96. The molecule has 5 rings (SSSR count). The number of hydrogen-bond acceptors (Lipinski definition) is 5. The Morgan fingerprint density at radius 3 is 2.72 bits per heavy atom. The minimum Gasteiger partial charge on any atom is -0.502 e. The number of aromatic hydroxyl groups is 1. The summed E-state index contributed by atoms with van der Waals surface area (Å²) >= 11 is 0. The van der Waals surface area contributed by atoms with Crippen LogP contribution in [0.5, 0.6) is 5.75 Å². The van der Waals surface area contributed by atoms with Gasteiger partial charge in [0.1, 0.15) is 12.7 Å². The molecule has 2 aromatic heterocycles. The van der Waals surface area contributed by atoms with E-state index in [1.165, 1.54) is 23.0 Å². The molecule has 0 saturated carbocycles. The van der Waals surface area contributed by atoms with Gasteiger partial charge in [0.25, 0.3) is 5.91 Å². The molecule has 7 nitrogen and oxygen atoms in total. The van der Waals surface area contributed by atoms with Crippen LogP contribution in [0.1, 0.15) is 39.8 Å². The van der Waals surface area contributed by atoms with E-state index in [2.05, 4.69) is 4.98 Å². The summed E-state index contributed by atoms with van der Waals surface area (Å²) in [7, 11) is 0. The molecule has 2 aliphatic rings. The van der Waals surface area contributed by atoms with Crippen LogP contribution in [-0.4, -0.2) is 38.8 Å². The van der Waals surface area contributed by atoms with Crippen LogP contribution >= 0.6 is 0 Å². The average molecular weight is 432 g/mol. The SMILES string of the molecule is O=C1c2c(O)c(=O)ccn2N2CN1C/C=C\CCc1ccccc1[C@H]2c1cccc(F)n1. The van der Waals surface area contributed by atoms with E-state index in [0.717, 1.165) is 24.0 Å². The Balaban J connectivity index is 1.81. The molecular formula is C24H21FN4O3. The van der Waals surface area contributed by atoms with Crippen LogP contribution in [0, 0.1) is 5.95 Å². The van der Waals surface area contributed by atoms with Crippen molar-refractivity contribution in [3.8, 4) is 5.75 Å². The fourth-order valence-corrected chi connectivity index (χ4v) is 4.37. The van der Waals surface area contributed by atoms with Gasteiger partial charge in [0.2, 0.25) is 11.4 Å². The molecule has 162 valence electrons. The third-order valence-corrected chi connectivity index (χ3v) is 5.87. The standard InChI is InChI=1S/C24H21FN4O3/c25-20-11-6-10-18(26-20)21-17-9-4-3-8-16(17)7-2-1-5-13-27-15-29(21)28-14-12-19(30)23(31)22(28)24(27)32/h1,3-6,8-12,14,21,31H,2,7,13,15H2/b5-1-/t21-/m0/s1. The van der Waals surface area contributed by atoms with Crippen molar-refractivity contribution in [2.24, 2.45) is 0 Å². The quantitative estimate of drug-likeness (QED) is 0.473. The average Bonchev–Trinajstić information content (AvgIpc) is 2.82. The van der Waals surface area contributed by atoms with Crippen LogP contribution in [0.2, 0.25) is 0 Å². The lowest BCUT2D eigenvalue weighted by atomic mass is 9.94. The van der Waals surface area contributed by atoms with Crippen molar-refractivity contribution >= 4 is 5.91 Å². The summed E-state index contributed by atoms with van der Waals surface area (Å²) in [4.78, 5) is 31.0. The Bertz CT molecular complexity index is 1290. The van der Waals surface area contributed by atoms with E-state index in [4.69, 9.17) is 0 Å². The number of carbonyl (C=O) groups excluding carboxylic acids is 1. The molecule has 0 radical (unpaired) electrons. The minimum atomic E-state index is -0.632. The summed E-state index contributed by atoms with van der Waals surface area (Å²) in [6, 6.07) is 13.2. The van der Waals surface area contributed by atoms with Crippen LogP contribution in [-0.2, 0) is 6.42 Å². The molecule has 0 spiro atoms. The number of amides is 1. The largest absolute Gasteiger partial charge is 0.502 e. The van der Waals surface area contributed by atoms with Crippen molar-refractivity contribution in [3.63, 3.8) is 0 Å². The van der Waals surface area contributed by atoms with Crippen LogP contribution in [0.15, 0.2) is 71.7 Å². The minimum absolute atomic E-state index is 0.115. The molecule has 0 aliphatic carbocycles. The number of rotatable bonds is 1. The van der Waals surface area contributed by atoms with E-state index >= 15 is 0 Å². The molecule has 2 aliphatic heterocycles. The van der Waals surface area contributed by atoms with Gasteiger partial charge in [-0.15, -0.1) is 0 Å². The zero-order valence-electron chi connectivity index (χ0n) is 17.2. The van der Waals surface area contributed by atoms with Crippen molar-refractivity contribution < 1.29 is 14.3 Å². The molecule has 0 saturated heterocycles. The molecule has 2 bridgehead atoms. The highest BCUT2D eigenvalue weighted by molar-refractivity contribution is 5.96. The first kappa shape index (κ1) is 20.0. The fraction of sp³-hybridized carbons (Fsp3) is 0.208. The highest BCUT2D eigenvalue weighted by atomic mass is 19.1. The van der Waals surface area contributed by atoms with Gasteiger partial charge >= 0.3 is 0 Å². The number of nitrogens with zero attached hydrogens (tertiary/aromatic N) is 4. The van der Waals surface area contributed by atoms with Crippen molar-refractivity contribution in [2.45, 2.75) is 18.9 Å². The monoisotopic (exact) mass is 432 g/mol. The van der Waals surface area contributed by atoms with Gasteiger partial charge in [-0.2, -0.15) is 4.39 Å². The van der Waals surface area contributed by atoms with E-state index in [0.29, 0.717) is 12.2 Å². The van der Waals surface area contributed by atoms with Gasteiger partial charge in [0.15, 0.2) is 11.4 Å². The number of fused-ring (bicyclic) bond motifs is 5. The molecule has 0 fully saturated rings. The summed E-state index contributed by atoms with van der Waals surface area (Å²) in [5.41, 5.74) is 1.70. The molecular weight excluding hydrogens is 411 g/mol. The molecule has 1 aromatic carbocycles. The highest BCUT2D eigenvalue weighted by Crippen LogP contribution is 2.33. The van der Waals surface area contributed by atoms with E-state index < -0.39 is 29.1 Å². The maximum Gasteiger partial charge on any atom is 0.278 e. The Hall–Kier alpha value is -3.94. The number of benzene rings is 1. The van der Waals surface area contributed by atoms with Crippen LogP contribution in [0.25, 0.3) is 0 Å². The Labute approximate surface area is 183 Å². The first-order valence-corrected chi connectivity index (χ1v) is 10.4. The van der Waals surface area contributed by atoms with Crippen molar-refractivity contribution in [1.82, 2.24) is 14.6 Å². The topological polar surface area (TPSA) is 78.7 Å². The van der Waals surface area contributed by atoms with E-state index in [-0.39, 0.29) is 12.4 Å². The van der Waals surface area contributed by atoms with Crippen LogP contribution in [0.4, 0.5) is 4.39 Å². The molecule has 0 unspecified atom stereocenters. The van der Waals surface area contributed by atoms with Crippen molar-refractivity contribution in [3.05, 3.63) is 106 Å². The molecule has 3 aromatic rings. The first-order chi connectivity index (χ1) is 15.5. The molecule has 4 heterocycles. The van der Waals surface area contributed by atoms with Gasteiger partial charge < -0.3 is 10.0 Å². The predicted octanol–water partition coefficient (Wildman–Crippen LogP) is 2.73. The Morgan fingerprint density at radius 1 is 1.03 bits per heavy atom. The smallest absolute Gasteiger partial charge is 0.278 e. The van der Waals surface area contributed by atoms with Gasteiger partial charge in [-0.3, -0.25) is 19.3 Å². The lowest BCUT2D eigenvalue weighted by Crippen LogP contribution is -2.55. The maximum atomic E-state index is 14.2. The highest BCUT2D eigenvalue weighted by Gasteiger charge is 2.37. The summed E-state index contributed by atoms with van der Waals surface area (Å²) in [5.74, 6) is -1.66. The van der Waals surface area contributed by atoms with E-state index in [9.17, 15) is 19.1 Å². The van der Waals surface area contributed by atoms with Crippen molar-refractivity contribution in [2.75, 3.05) is 18.2 Å². The molecule has 8 heteroatoms. The summed E-state index contributed by atoms with van der Waals surface area (Å²) in [6.45, 7) is 0.479. The van der Waals surface area contributed by atoms with Gasteiger partial charge in [0.05, 0.1) is 5.69 Å². The van der Waals surface area contributed by atoms with Gasteiger partial charge in [-0.05, 0) is 36.1 Å². The second-order valence-corrected chi connectivity index (χ2v) is 7.83. The number of pyridine rings is 2. The fourth-order valence-electron chi connectivity index (χ4n) is 4.37. The molecule has 1 N–H and O–H groups in total. The van der Waals surface area contributed by atoms with Gasteiger partial charge in [0, 0.05) is 18.8 Å². The molecule has 1 amide bonds. The van der Waals surface area contributed by atoms with Crippen molar-refractivity contribution in [1.29, 1.82) is 0 Å². The van der Waals surface area contributed by atoms with Gasteiger partial charge in [-0.25, -0.2) is 4.98 Å². The number of allylic oxidation sites excluding steroid dienone is 1. The van der Waals surface area contributed by atoms with E-state index in [1.807, 2.05) is 41.4 Å². The Kier molecular flexibility index (Phi) is 4.97. The number of hydrogen-bond donors (Lipinski definition) is 1. The second-order valence-electron chi connectivity index (χ2n) is 7.83. The first-order valence-electron chi connectivity index (χ1n) is 10.4. The van der Waals surface area contributed by atoms with Crippen LogP contribution in [0.3, 0.4) is 0 Å². The molecule has 32 heavy (non-hydrogen) atoms.